The summed E-state index contributed by atoms with van der Waals surface area (Å²) in [6.07, 6.45) is -0.532. The molecule has 4 N–H and O–H groups in total. The zero-order valence-corrected chi connectivity index (χ0v) is 4.98. The quantitative estimate of drug-likeness (QED) is 0.484. The minimum Gasteiger partial charge on any atom is -0.481 e. The molecule has 0 unspecified atom stereocenters. The Morgan fingerprint density at radius 1 is 1.40 bits per heavy atom. The third-order valence-electron chi connectivity index (χ3n) is 0.712. The Bertz CT molecular complexity index is 137. The highest BCUT2D eigenvalue weighted by Crippen LogP contribution is 1.86. The van der Waals surface area contributed by atoms with Crippen molar-refractivity contribution in [3.8, 4) is 0 Å². The molecule has 0 bridgehead atoms. The van der Waals surface area contributed by atoms with Crippen LogP contribution in [0.5, 0.6) is 0 Å². The van der Waals surface area contributed by atoms with Gasteiger partial charge in [0.15, 0.2) is 0 Å². The van der Waals surface area contributed by atoms with Gasteiger partial charge in [-0.25, -0.2) is 0 Å². The number of aliphatic carboxylic acids is 2. The predicted octanol–water partition coefficient (Wildman–Crippen LogP) is -0.975. The molecule has 0 saturated heterocycles. The van der Waals surface area contributed by atoms with E-state index in [-0.39, 0.29) is 4.70 Å². The lowest BCUT2D eigenvalue weighted by atomic mass is 10.2. The predicted molar refractivity (Wildman–Crippen MR) is 30.4 cm³/mol. The molecule has 0 aromatic carbocycles. The van der Waals surface area contributed by atoms with Gasteiger partial charge in [-0.15, -0.1) is 0 Å². The summed E-state index contributed by atoms with van der Waals surface area (Å²) >= 11 is 0. The lowest BCUT2D eigenvalue weighted by Gasteiger charge is -1.99. The summed E-state index contributed by atoms with van der Waals surface area (Å²) in [6, 6.07) is -1.29. The van der Waals surface area contributed by atoms with Crippen LogP contribution in [-0.4, -0.2) is 28.2 Å². The van der Waals surface area contributed by atoms with E-state index < -0.39 is 24.4 Å². The van der Waals surface area contributed by atoms with Gasteiger partial charge >= 0.3 is 11.9 Å². The molecule has 10 heavy (non-hydrogen) atoms. The first kappa shape index (κ1) is 11.6. The van der Waals surface area contributed by atoms with Gasteiger partial charge in [0.2, 0.25) is 0 Å². The second-order valence-corrected chi connectivity index (χ2v) is 1.54. The molecule has 0 aliphatic rings. The molecule has 0 heterocycles. The summed E-state index contributed by atoms with van der Waals surface area (Å²) in [6.45, 7) is 0. The number of halogens is 1. The average molecular weight is 153 g/mol. The Labute approximate surface area is 55.8 Å². The van der Waals surface area contributed by atoms with Gasteiger partial charge in [-0.3, -0.25) is 14.3 Å². The first-order valence-electron chi connectivity index (χ1n) is 2.24. The Hall–Kier alpha value is -1.17. The largest absolute Gasteiger partial charge is 0.481 e. The van der Waals surface area contributed by atoms with Crippen molar-refractivity contribution in [3.63, 3.8) is 0 Å². The van der Waals surface area contributed by atoms with Crippen LogP contribution in [0.4, 0.5) is 4.70 Å². The highest BCUT2D eigenvalue weighted by molar-refractivity contribution is 5.80. The fourth-order valence-corrected chi connectivity index (χ4v) is 0.275. The second-order valence-electron chi connectivity index (χ2n) is 1.54. The van der Waals surface area contributed by atoms with E-state index in [4.69, 9.17) is 15.9 Å². The van der Waals surface area contributed by atoms with E-state index >= 15 is 0 Å². The molecule has 6 heteroatoms. The van der Waals surface area contributed by atoms with Crippen LogP contribution < -0.4 is 5.73 Å². The van der Waals surface area contributed by atoms with Gasteiger partial charge in [-0.1, -0.05) is 0 Å². The normalized spacial score (nSPS) is 11.3. The number of carboxylic acids is 2. The number of hydrogen-bond donors (Lipinski definition) is 3. The van der Waals surface area contributed by atoms with Crippen LogP contribution in [0, 0.1) is 0 Å². The summed E-state index contributed by atoms with van der Waals surface area (Å²) < 4.78 is 0. The third-order valence-corrected chi connectivity index (χ3v) is 0.712. The van der Waals surface area contributed by atoms with Crippen LogP contribution in [0.3, 0.4) is 0 Å². The zero-order chi connectivity index (χ0) is 7.44. The summed E-state index contributed by atoms with van der Waals surface area (Å²) in [4.78, 5) is 19.6. The van der Waals surface area contributed by atoms with E-state index in [1.807, 2.05) is 0 Å². The lowest BCUT2D eigenvalue weighted by molar-refractivity contribution is -0.144. The van der Waals surface area contributed by atoms with Gasteiger partial charge in [0.05, 0.1) is 6.42 Å². The van der Waals surface area contributed by atoms with Crippen molar-refractivity contribution in [1.29, 1.82) is 0 Å². The standard InChI is InChI=1S/C4H7NO4.FH/c5-2(4(8)9)1-3(6)7;/h2H,1,5H2,(H,6,7)(H,8,9);1H/t2-;/m0./s1. The van der Waals surface area contributed by atoms with Gasteiger partial charge in [-0.05, 0) is 0 Å². The molecular formula is C4H8FNO4. The monoisotopic (exact) mass is 153 g/mol. The highest BCUT2D eigenvalue weighted by atomic mass is 19.0. The van der Waals surface area contributed by atoms with Crippen molar-refractivity contribution in [2.45, 2.75) is 12.5 Å². The molecule has 0 saturated carbocycles. The van der Waals surface area contributed by atoms with Gasteiger partial charge < -0.3 is 15.9 Å². The molecule has 0 aliphatic carbocycles. The molecule has 5 nitrogen and oxygen atoms in total. The Kier molecular flexibility index (Phi) is 5.44. The smallest absolute Gasteiger partial charge is 0.321 e. The van der Waals surface area contributed by atoms with Crippen molar-refractivity contribution in [1.82, 2.24) is 0 Å². The van der Waals surface area contributed by atoms with E-state index in [0.29, 0.717) is 0 Å². The third kappa shape index (κ3) is 4.98. The van der Waals surface area contributed by atoms with E-state index in [1.54, 1.807) is 0 Å². The van der Waals surface area contributed by atoms with Crippen molar-refractivity contribution >= 4 is 11.9 Å². The maximum atomic E-state index is 9.85. The van der Waals surface area contributed by atoms with E-state index in [0.717, 1.165) is 0 Å². The van der Waals surface area contributed by atoms with Crippen molar-refractivity contribution < 1.29 is 24.5 Å². The maximum absolute atomic E-state index is 9.85. The van der Waals surface area contributed by atoms with E-state index in [1.165, 1.54) is 0 Å². The summed E-state index contributed by atoms with van der Waals surface area (Å²) in [5.74, 6) is -2.50. The fraction of sp³-hybridized carbons (Fsp3) is 0.500. The van der Waals surface area contributed by atoms with Gasteiger partial charge in [0.25, 0.3) is 0 Å². The number of nitrogens with two attached hydrogens (primary N) is 1. The van der Waals surface area contributed by atoms with Crippen LogP contribution in [0.1, 0.15) is 6.42 Å². The molecule has 0 aromatic rings. The summed E-state index contributed by atoms with van der Waals surface area (Å²) in [5.41, 5.74) is 4.84. The molecule has 0 rings (SSSR count). The molecule has 0 fully saturated rings. The van der Waals surface area contributed by atoms with Crippen LogP contribution >= 0.6 is 0 Å². The molecule has 0 spiro atoms. The molecule has 1 atom stereocenters. The SMILES string of the molecule is F.N[C@@H](CC(=O)O)C(=O)O. The van der Waals surface area contributed by atoms with Gasteiger partial charge in [-0.2, -0.15) is 0 Å². The van der Waals surface area contributed by atoms with Crippen molar-refractivity contribution in [2.24, 2.45) is 5.73 Å². The number of carbonyl (C=O) groups is 2. The molecule has 0 radical (unpaired) electrons. The zero-order valence-electron chi connectivity index (χ0n) is 4.98. The summed E-state index contributed by atoms with van der Waals surface area (Å²) in [7, 11) is 0. The second kappa shape index (κ2) is 4.68. The molecule has 0 aliphatic heterocycles. The molecule has 60 valence electrons. The maximum Gasteiger partial charge on any atom is 0.321 e. The Balaban J connectivity index is 0. The minimum absolute atomic E-state index is 0. The number of hydrogen-bond acceptors (Lipinski definition) is 3. The molecular weight excluding hydrogens is 145 g/mol. The Morgan fingerprint density at radius 3 is 1.90 bits per heavy atom. The van der Waals surface area contributed by atoms with Crippen LogP contribution in [0.15, 0.2) is 0 Å². The van der Waals surface area contributed by atoms with Gasteiger partial charge in [0, 0.05) is 0 Å². The van der Waals surface area contributed by atoms with E-state index in [9.17, 15) is 9.59 Å². The fourth-order valence-electron chi connectivity index (χ4n) is 0.275. The number of carboxylic acid groups (broad SMARTS) is 2. The van der Waals surface area contributed by atoms with E-state index in [2.05, 4.69) is 0 Å². The van der Waals surface area contributed by atoms with Crippen LogP contribution in [0.2, 0.25) is 0 Å². The van der Waals surface area contributed by atoms with Crippen molar-refractivity contribution in [2.75, 3.05) is 0 Å². The number of rotatable bonds is 3. The summed E-state index contributed by atoms with van der Waals surface area (Å²) in [5, 5.41) is 16.0. The highest BCUT2D eigenvalue weighted by Gasteiger charge is 2.14. The van der Waals surface area contributed by atoms with Gasteiger partial charge in [0.1, 0.15) is 6.04 Å². The lowest BCUT2D eigenvalue weighted by Crippen LogP contribution is -2.32. The first-order chi connectivity index (χ1) is 4.04. The molecule has 0 amide bonds. The molecule has 0 aromatic heterocycles. The van der Waals surface area contributed by atoms with Crippen LogP contribution in [-0.2, 0) is 9.59 Å². The topological polar surface area (TPSA) is 101 Å². The average Bonchev–Trinajstić information content (AvgIpc) is 1.63. The Morgan fingerprint density at radius 2 is 1.80 bits per heavy atom. The van der Waals surface area contributed by atoms with Crippen LogP contribution in [0.25, 0.3) is 0 Å². The first-order valence-corrected chi connectivity index (χ1v) is 2.24. The minimum atomic E-state index is -1.29. The van der Waals surface area contributed by atoms with Crippen molar-refractivity contribution in [3.05, 3.63) is 0 Å².